The standard InChI is InChI=1S/C21H17Cl2NO5/c1-4-12(25)6-5-11-7-13-14(26)8-15(29-18(13)10-24-11)19-20(22)16(27-2)9-17(28-3)21(19)23/h4,7-10H,1,5-6H2,2-3H3. The van der Waals surface area contributed by atoms with Crippen LogP contribution in [0.3, 0.4) is 0 Å². The van der Waals surface area contributed by atoms with E-state index >= 15 is 0 Å². The van der Waals surface area contributed by atoms with E-state index in [1.54, 1.807) is 12.1 Å². The quantitative estimate of drug-likeness (QED) is 0.494. The second-order valence-corrected chi connectivity index (χ2v) is 6.86. The van der Waals surface area contributed by atoms with Crippen LogP contribution in [0.2, 0.25) is 10.0 Å². The molecule has 0 saturated carbocycles. The lowest BCUT2D eigenvalue weighted by Gasteiger charge is -2.14. The molecule has 2 aromatic heterocycles. The van der Waals surface area contributed by atoms with Crippen molar-refractivity contribution in [2.45, 2.75) is 12.8 Å². The van der Waals surface area contributed by atoms with E-state index in [9.17, 15) is 9.59 Å². The van der Waals surface area contributed by atoms with E-state index < -0.39 is 0 Å². The van der Waals surface area contributed by atoms with Crippen molar-refractivity contribution < 1.29 is 18.7 Å². The fourth-order valence-corrected chi connectivity index (χ4v) is 3.51. The number of rotatable bonds is 7. The third-order valence-electron chi connectivity index (χ3n) is 4.35. The van der Waals surface area contributed by atoms with Gasteiger partial charge in [0, 0.05) is 24.2 Å². The second kappa shape index (κ2) is 8.68. The number of pyridine rings is 1. The first-order chi connectivity index (χ1) is 13.9. The summed E-state index contributed by atoms with van der Waals surface area (Å²) in [6, 6.07) is 4.45. The Labute approximate surface area is 176 Å². The molecule has 0 N–H and O–H groups in total. The molecule has 0 aliphatic rings. The summed E-state index contributed by atoms with van der Waals surface area (Å²) in [5.41, 5.74) is 0.852. The van der Waals surface area contributed by atoms with E-state index in [2.05, 4.69) is 11.6 Å². The molecule has 1 aromatic carbocycles. The molecular formula is C21H17Cl2NO5. The van der Waals surface area contributed by atoms with Crippen molar-refractivity contribution >= 4 is 40.0 Å². The molecule has 2 heterocycles. The molecule has 0 saturated heterocycles. The van der Waals surface area contributed by atoms with Gasteiger partial charge in [-0.1, -0.05) is 29.8 Å². The zero-order chi connectivity index (χ0) is 21.1. The van der Waals surface area contributed by atoms with Crippen molar-refractivity contribution in [3.05, 3.63) is 63.0 Å². The number of carbonyl (C=O) groups excluding carboxylic acids is 1. The minimum atomic E-state index is -0.297. The van der Waals surface area contributed by atoms with Gasteiger partial charge in [-0.25, -0.2) is 0 Å². The van der Waals surface area contributed by atoms with Crippen molar-refractivity contribution in [3.63, 3.8) is 0 Å². The van der Waals surface area contributed by atoms with E-state index in [1.165, 1.54) is 32.6 Å². The van der Waals surface area contributed by atoms with Crippen LogP contribution in [0.25, 0.3) is 22.3 Å². The third kappa shape index (κ3) is 4.13. The number of ketones is 1. The van der Waals surface area contributed by atoms with Crippen LogP contribution >= 0.6 is 23.2 Å². The second-order valence-electron chi connectivity index (χ2n) is 6.10. The van der Waals surface area contributed by atoms with Crippen LogP contribution in [0.15, 0.2) is 46.3 Å². The van der Waals surface area contributed by atoms with Gasteiger partial charge in [0.1, 0.15) is 17.3 Å². The molecule has 0 fully saturated rings. The van der Waals surface area contributed by atoms with Gasteiger partial charge < -0.3 is 13.9 Å². The van der Waals surface area contributed by atoms with Crippen molar-refractivity contribution in [2.75, 3.05) is 14.2 Å². The molecule has 0 spiro atoms. The van der Waals surface area contributed by atoms with E-state index in [4.69, 9.17) is 37.1 Å². The summed E-state index contributed by atoms with van der Waals surface area (Å²) < 4.78 is 16.4. The smallest absolute Gasteiger partial charge is 0.193 e. The molecule has 3 aromatic rings. The van der Waals surface area contributed by atoms with Gasteiger partial charge in [-0.2, -0.15) is 0 Å². The summed E-state index contributed by atoms with van der Waals surface area (Å²) in [6.45, 7) is 3.44. The molecule has 0 amide bonds. The highest BCUT2D eigenvalue weighted by atomic mass is 35.5. The van der Waals surface area contributed by atoms with Crippen molar-refractivity contribution in [3.8, 4) is 22.8 Å². The lowest BCUT2D eigenvalue weighted by Crippen LogP contribution is -2.04. The van der Waals surface area contributed by atoms with Crippen LogP contribution in [-0.4, -0.2) is 25.0 Å². The predicted octanol–water partition coefficient (Wildman–Crippen LogP) is 4.87. The average molecular weight is 434 g/mol. The van der Waals surface area contributed by atoms with Gasteiger partial charge in [0.15, 0.2) is 16.8 Å². The maximum Gasteiger partial charge on any atom is 0.193 e. The number of fused-ring (bicyclic) bond motifs is 1. The summed E-state index contributed by atoms with van der Waals surface area (Å²) >= 11 is 12.8. The van der Waals surface area contributed by atoms with Crippen LogP contribution < -0.4 is 14.9 Å². The number of nitrogens with zero attached hydrogens (tertiary/aromatic N) is 1. The Kier molecular flexibility index (Phi) is 6.25. The topological polar surface area (TPSA) is 78.6 Å². The summed E-state index contributed by atoms with van der Waals surface area (Å²) in [7, 11) is 2.91. The average Bonchev–Trinajstić information content (AvgIpc) is 2.72. The number of aromatic nitrogens is 1. The molecule has 0 aliphatic heterocycles. The third-order valence-corrected chi connectivity index (χ3v) is 5.10. The molecule has 6 nitrogen and oxygen atoms in total. The highest BCUT2D eigenvalue weighted by Gasteiger charge is 2.21. The summed E-state index contributed by atoms with van der Waals surface area (Å²) in [5, 5.41) is 0.716. The number of allylic oxidation sites excluding steroid dienone is 1. The Morgan fingerprint density at radius 1 is 1.17 bits per heavy atom. The number of halogens is 2. The number of aryl methyl sites for hydroxylation is 1. The zero-order valence-electron chi connectivity index (χ0n) is 15.8. The first kappa shape index (κ1) is 20.9. The number of hydrogen-bond donors (Lipinski definition) is 0. The lowest BCUT2D eigenvalue weighted by molar-refractivity contribution is -0.114. The predicted molar refractivity (Wildman–Crippen MR) is 112 cm³/mol. The van der Waals surface area contributed by atoms with Gasteiger partial charge in [0.25, 0.3) is 0 Å². The summed E-state index contributed by atoms with van der Waals surface area (Å²) in [5.74, 6) is 0.716. The number of hydrogen-bond acceptors (Lipinski definition) is 6. The van der Waals surface area contributed by atoms with Crippen LogP contribution in [-0.2, 0) is 11.2 Å². The zero-order valence-corrected chi connectivity index (χ0v) is 17.3. The molecule has 0 bridgehead atoms. The number of carbonyl (C=O) groups is 1. The molecule has 0 radical (unpaired) electrons. The Morgan fingerprint density at radius 2 is 1.83 bits per heavy atom. The first-order valence-electron chi connectivity index (χ1n) is 8.58. The molecule has 29 heavy (non-hydrogen) atoms. The Hall–Kier alpha value is -2.83. The van der Waals surface area contributed by atoms with Crippen molar-refractivity contribution in [2.24, 2.45) is 0 Å². The largest absolute Gasteiger partial charge is 0.495 e. The molecule has 8 heteroatoms. The number of benzene rings is 1. The monoisotopic (exact) mass is 433 g/mol. The van der Waals surface area contributed by atoms with Crippen LogP contribution in [0.4, 0.5) is 0 Å². The Morgan fingerprint density at radius 3 is 2.41 bits per heavy atom. The molecule has 3 rings (SSSR count). The highest BCUT2D eigenvalue weighted by Crippen LogP contribution is 2.46. The molecular weight excluding hydrogens is 417 g/mol. The van der Waals surface area contributed by atoms with Gasteiger partial charge in [-0.15, -0.1) is 0 Å². The SMILES string of the molecule is C=CC(=O)CCc1cc2c(=O)cc(-c3c(Cl)c(OC)cc(OC)c3Cl)oc2cn1. The van der Waals surface area contributed by atoms with Gasteiger partial charge in [-0.05, 0) is 18.6 Å². The summed E-state index contributed by atoms with van der Waals surface area (Å²) in [6.07, 6.45) is 3.36. The van der Waals surface area contributed by atoms with Crippen LogP contribution in [0.5, 0.6) is 11.5 Å². The van der Waals surface area contributed by atoms with Gasteiger partial charge in [-0.3, -0.25) is 14.6 Å². The van der Waals surface area contributed by atoms with E-state index in [-0.39, 0.29) is 44.6 Å². The van der Waals surface area contributed by atoms with Crippen LogP contribution in [0, 0.1) is 0 Å². The molecule has 150 valence electrons. The molecule has 0 atom stereocenters. The van der Waals surface area contributed by atoms with E-state index in [0.717, 1.165) is 0 Å². The fraction of sp³-hybridized carbons (Fsp3) is 0.190. The van der Waals surface area contributed by atoms with Crippen molar-refractivity contribution in [1.82, 2.24) is 4.98 Å². The Balaban J connectivity index is 2.12. The van der Waals surface area contributed by atoms with Gasteiger partial charge >= 0.3 is 0 Å². The Bertz CT molecular complexity index is 1140. The highest BCUT2D eigenvalue weighted by molar-refractivity contribution is 6.41. The van der Waals surface area contributed by atoms with E-state index in [1.807, 2.05) is 0 Å². The lowest BCUT2D eigenvalue weighted by atomic mass is 10.1. The normalized spacial score (nSPS) is 10.8. The van der Waals surface area contributed by atoms with Crippen molar-refractivity contribution in [1.29, 1.82) is 0 Å². The maximum atomic E-state index is 12.7. The summed E-state index contributed by atoms with van der Waals surface area (Å²) in [4.78, 5) is 28.4. The molecule has 0 unspecified atom stereocenters. The van der Waals surface area contributed by atoms with Gasteiger partial charge in [0.05, 0.1) is 41.4 Å². The van der Waals surface area contributed by atoms with Crippen LogP contribution in [0.1, 0.15) is 12.1 Å². The maximum absolute atomic E-state index is 12.7. The number of methoxy groups -OCH3 is 2. The fourth-order valence-electron chi connectivity index (χ4n) is 2.82. The minimum absolute atomic E-state index is 0.0921. The van der Waals surface area contributed by atoms with Gasteiger partial charge in [0.2, 0.25) is 0 Å². The first-order valence-corrected chi connectivity index (χ1v) is 9.33. The number of ether oxygens (including phenoxy) is 2. The minimum Gasteiger partial charge on any atom is -0.495 e. The van der Waals surface area contributed by atoms with E-state index in [0.29, 0.717) is 29.0 Å². The molecule has 0 aliphatic carbocycles.